The van der Waals surface area contributed by atoms with Crippen LogP contribution in [0.4, 0.5) is 0 Å². The Bertz CT molecular complexity index is 238. The molecule has 2 N–H and O–H groups in total. The highest BCUT2D eigenvalue weighted by Gasteiger charge is 2.20. The van der Waals surface area contributed by atoms with E-state index in [0.29, 0.717) is 11.8 Å². The molecule has 0 aromatic carbocycles. The number of carbonyl (C=O) groups excluding carboxylic acids is 1. The minimum absolute atomic E-state index is 0.113. The third kappa shape index (κ3) is 5.77. The highest BCUT2D eigenvalue weighted by atomic mass is 32.2. The Labute approximate surface area is 109 Å². The van der Waals surface area contributed by atoms with E-state index in [1.807, 2.05) is 6.92 Å². The average Bonchev–Trinajstić information content (AvgIpc) is 2.29. The average molecular weight is 259 g/mol. The number of amides is 1. The van der Waals surface area contributed by atoms with E-state index < -0.39 is 0 Å². The van der Waals surface area contributed by atoms with Crippen LogP contribution in [0, 0.1) is 5.92 Å². The fourth-order valence-corrected chi connectivity index (χ4v) is 2.80. The van der Waals surface area contributed by atoms with E-state index in [0.717, 1.165) is 18.8 Å². The van der Waals surface area contributed by atoms with Crippen LogP contribution in [0.1, 0.15) is 46.5 Å². The fraction of sp³-hybridized carbons (Fsp3) is 0.923. The van der Waals surface area contributed by atoms with Gasteiger partial charge in [0.1, 0.15) is 0 Å². The van der Waals surface area contributed by atoms with Gasteiger partial charge in [-0.05, 0) is 38.5 Å². The van der Waals surface area contributed by atoms with Crippen LogP contribution >= 0.6 is 11.8 Å². The molecule has 0 aromatic heterocycles. The van der Waals surface area contributed by atoms with Gasteiger partial charge in [-0.15, -0.1) is 11.8 Å². The lowest BCUT2D eigenvalue weighted by atomic mass is 9.87. The van der Waals surface area contributed by atoms with Crippen LogP contribution in [-0.4, -0.2) is 34.2 Å². The van der Waals surface area contributed by atoms with Crippen molar-refractivity contribution in [2.45, 2.75) is 63.9 Å². The molecule has 4 heteroatoms. The highest BCUT2D eigenvalue weighted by molar-refractivity contribution is 8.00. The topological polar surface area (TPSA) is 49.3 Å². The molecule has 1 saturated carbocycles. The Kier molecular flexibility index (Phi) is 6.34. The number of aliphatic hydroxyl groups excluding tert-OH is 1. The molecule has 0 bridgehead atoms. The van der Waals surface area contributed by atoms with Crippen LogP contribution in [0.15, 0.2) is 0 Å². The van der Waals surface area contributed by atoms with Gasteiger partial charge in [-0.25, -0.2) is 0 Å². The zero-order valence-corrected chi connectivity index (χ0v) is 11.9. The van der Waals surface area contributed by atoms with Gasteiger partial charge in [0, 0.05) is 11.3 Å². The van der Waals surface area contributed by atoms with Crippen molar-refractivity contribution in [2.24, 2.45) is 5.92 Å². The van der Waals surface area contributed by atoms with Gasteiger partial charge < -0.3 is 10.4 Å². The normalized spacial score (nSPS) is 28.5. The number of rotatable bonds is 5. The summed E-state index contributed by atoms with van der Waals surface area (Å²) in [6.45, 7) is 5.99. The lowest BCUT2D eigenvalue weighted by molar-refractivity contribution is -0.119. The number of aliphatic hydroxyl groups is 1. The molecule has 0 aliphatic heterocycles. The first-order valence-corrected chi connectivity index (χ1v) is 7.63. The Balaban J connectivity index is 2.16. The first-order chi connectivity index (χ1) is 7.99. The molecule has 17 heavy (non-hydrogen) atoms. The maximum absolute atomic E-state index is 11.7. The van der Waals surface area contributed by atoms with Crippen LogP contribution in [0.5, 0.6) is 0 Å². The van der Waals surface area contributed by atoms with E-state index in [1.165, 1.54) is 24.6 Å². The highest BCUT2D eigenvalue weighted by Crippen LogP contribution is 2.23. The summed E-state index contributed by atoms with van der Waals surface area (Å²) in [4.78, 5) is 11.7. The summed E-state index contributed by atoms with van der Waals surface area (Å²) < 4.78 is 0. The van der Waals surface area contributed by atoms with Crippen molar-refractivity contribution in [3.05, 3.63) is 0 Å². The first-order valence-electron chi connectivity index (χ1n) is 6.58. The Hall–Kier alpha value is -0.220. The molecule has 0 radical (unpaired) electrons. The Morgan fingerprint density at radius 1 is 1.35 bits per heavy atom. The molecule has 0 aromatic rings. The van der Waals surface area contributed by atoms with Gasteiger partial charge in [-0.1, -0.05) is 13.8 Å². The maximum Gasteiger partial charge on any atom is 0.230 e. The third-order valence-corrected chi connectivity index (χ3v) is 4.89. The lowest BCUT2D eigenvalue weighted by Crippen LogP contribution is -2.38. The maximum atomic E-state index is 11.7. The van der Waals surface area contributed by atoms with Gasteiger partial charge in [0.05, 0.1) is 11.9 Å². The molecule has 1 fully saturated rings. The second-order valence-electron chi connectivity index (χ2n) is 5.28. The molecule has 0 heterocycles. The predicted octanol–water partition coefficient (Wildman–Crippen LogP) is 2.18. The van der Waals surface area contributed by atoms with Crippen molar-refractivity contribution in [1.29, 1.82) is 0 Å². The molecular formula is C13H25NO2S. The summed E-state index contributed by atoms with van der Waals surface area (Å²) in [6, 6.07) is 0.376. The SMILES string of the molecule is CC1CCC(NC(=O)CSC(C)C(C)O)CC1. The molecule has 0 saturated heterocycles. The van der Waals surface area contributed by atoms with Crippen molar-refractivity contribution >= 4 is 17.7 Å². The molecule has 3 nitrogen and oxygen atoms in total. The van der Waals surface area contributed by atoms with Gasteiger partial charge in [0.25, 0.3) is 0 Å². The molecule has 1 amide bonds. The summed E-state index contributed by atoms with van der Waals surface area (Å²) in [5.41, 5.74) is 0. The molecule has 0 spiro atoms. The van der Waals surface area contributed by atoms with Gasteiger partial charge in [0.2, 0.25) is 5.91 Å². The van der Waals surface area contributed by atoms with Crippen LogP contribution in [0.3, 0.4) is 0 Å². The molecule has 2 unspecified atom stereocenters. The van der Waals surface area contributed by atoms with Crippen molar-refractivity contribution < 1.29 is 9.90 Å². The van der Waals surface area contributed by atoms with Gasteiger partial charge >= 0.3 is 0 Å². The van der Waals surface area contributed by atoms with Crippen LogP contribution < -0.4 is 5.32 Å². The number of hydrogen-bond acceptors (Lipinski definition) is 3. The van der Waals surface area contributed by atoms with Gasteiger partial charge in [-0.3, -0.25) is 4.79 Å². The smallest absolute Gasteiger partial charge is 0.230 e. The summed E-state index contributed by atoms with van der Waals surface area (Å²) in [5.74, 6) is 1.38. The number of nitrogens with one attached hydrogen (secondary N) is 1. The van der Waals surface area contributed by atoms with E-state index in [2.05, 4.69) is 12.2 Å². The predicted molar refractivity (Wildman–Crippen MR) is 73.2 cm³/mol. The van der Waals surface area contributed by atoms with Gasteiger partial charge in [-0.2, -0.15) is 0 Å². The first kappa shape index (κ1) is 14.8. The molecule has 1 aliphatic carbocycles. The Morgan fingerprint density at radius 3 is 2.47 bits per heavy atom. The van der Waals surface area contributed by atoms with E-state index in [1.54, 1.807) is 6.92 Å². The summed E-state index contributed by atoms with van der Waals surface area (Å²) in [6.07, 6.45) is 4.32. The monoisotopic (exact) mass is 259 g/mol. The van der Waals surface area contributed by atoms with Crippen molar-refractivity contribution in [1.82, 2.24) is 5.32 Å². The van der Waals surface area contributed by atoms with Crippen molar-refractivity contribution in [2.75, 3.05) is 5.75 Å². The fourth-order valence-electron chi connectivity index (χ4n) is 2.02. The largest absolute Gasteiger partial charge is 0.392 e. The molecule has 100 valence electrons. The third-order valence-electron chi connectivity index (χ3n) is 3.54. The second kappa shape index (κ2) is 7.27. The zero-order valence-electron chi connectivity index (χ0n) is 11.1. The quantitative estimate of drug-likeness (QED) is 0.795. The second-order valence-corrected chi connectivity index (χ2v) is 6.65. The molecule has 1 rings (SSSR count). The molecular weight excluding hydrogens is 234 g/mol. The number of thioether (sulfide) groups is 1. The van der Waals surface area contributed by atoms with Crippen LogP contribution in [0.25, 0.3) is 0 Å². The van der Waals surface area contributed by atoms with E-state index in [-0.39, 0.29) is 17.3 Å². The number of carbonyl (C=O) groups is 1. The minimum Gasteiger partial charge on any atom is -0.392 e. The Morgan fingerprint density at radius 2 is 1.94 bits per heavy atom. The number of hydrogen-bond donors (Lipinski definition) is 2. The van der Waals surface area contributed by atoms with Crippen molar-refractivity contribution in [3.8, 4) is 0 Å². The zero-order chi connectivity index (χ0) is 12.8. The van der Waals surface area contributed by atoms with E-state index in [9.17, 15) is 9.90 Å². The lowest BCUT2D eigenvalue weighted by Gasteiger charge is -2.27. The van der Waals surface area contributed by atoms with Crippen LogP contribution in [0.2, 0.25) is 0 Å². The molecule has 1 aliphatic rings. The summed E-state index contributed by atoms with van der Waals surface area (Å²) >= 11 is 1.52. The summed E-state index contributed by atoms with van der Waals surface area (Å²) in [5, 5.41) is 12.5. The standard InChI is InChI=1S/C13H25NO2S/c1-9-4-6-12(7-5-9)14-13(16)8-17-11(3)10(2)15/h9-12,15H,4-8H2,1-3H3,(H,14,16). The van der Waals surface area contributed by atoms with Crippen molar-refractivity contribution in [3.63, 3.8) is 0 Å². The van der Waals surface area contributed by atoms with E-state index in [4.69, 9.17) is 0 Å². The van der Waals surface area contributed by atoms with Gasteiger partial charge in [0.15, 0.2) is 0 Å². The van der Waals surface area contributed by atoms with Crippen LogP contribution in [-0.2, 0) is 4.79 Å². The minimum atomic E-state index is -0.358. The van der Waals surface area contributed by atoms with E-state index >= 15 is 0 Å². The molecule has 2 atom stereocenters. The summed E-state index contributed by atoms with van der Waals surface area (Å²) in [7, 11) is 0.